The number of fused-ring (bicyclic) bond motifs is 6. The fourth-order valence-electron chi connectivity index (χ4n) is 12.5. The van der Waals surface area contributed by atoms with Gasteiger partial charge in [-0.2, -0.15) is 0 Å². The maximum Gasteiger partial charge on any atom is 0.194 e. The quantitative estimate of drug-likeness (QED) is 0.111. The van der Waals surface area contributed by atoms with E-state index >= 15 is 0 Å². The van der Waals surface area contributed by atoms with Gasteiger partial charge in [0.15, 0.2) is 11.6 Å². The zero-order chi connectivity index (χ0) is 49.4. The molecule has 3 heterocycles. The summed E-state index contributed by atoms with van der Waals surface area (Å²) in [5.74, 6) is 0.276. The molecule has 3 N–H and O–H groups in total. The number of carbonyl (C=O) groups excluding carboxylic acids is 2. The number of benzene rings is 7. The van der Waals surface area contributed by atoms with Gasteiger partial charge in [-0.15, -0.1) is 0 Å². The van der Waals surface area contributed by atoms with Crippen molar-refractivity contribution in [3.05, 3.63) is 230 Å². The molecule has 0 amide bonds. The largest absolute Gasteiger partial charge is 0.385 e. The zero-order valence-electron chi connectivity index (χ0n) is 41.7. The van der Waals surface area contributed by atoms with Crippen molar-refractivity contribution in [3.63, 3.8) is 0 Å². The Morgan fingerprint density at radius 1 is 0.603 bits per heavy atom. The SMILES string of the molecule is CC1C=C(NCCCN2CCC(=C3c4ccccc4CC(=O)c4cc(C5CC(=C6c7ccccc7C(=O)c7ccccc76)CCN5CCCNc5cccc6ccccc56)ccc43)CC2)c2ccc(Cl)cc2N1. The van der Waals surface area contributed by atoms with Gasteiger partial charge in [-0.3, -0.25) is 14.5 Å². The third-order valence-corrected chi connectivity index (χ3v) is 16.3. The lowest BCUT2D eigenvalue weighted by Crippen LogP contribution is -2.36. The highest BCUT2D eigenvalue weighted by Crippen LogP contribution is 2.46. The molecule has 3 aliphatic heterocycles. The standard InChI is InChI=1S/C65H62ClN5O2/c1-42-37-59(56-26-24-48(66)41-60(56)69-42)68-30-11-32-70-34-27-44(28-35-70)63-50-17-5-3-14-45(50)40-62(72)57-38-46(23-25-53(57)63)61-39-47(64-51-18-6-8-20-54(51)65(73)55-21-9-7-19-52(55)64)29-36-71(61)33-12-31-67-58-22-10-15-43-13-2-4-16-49(43)58/h2-10,13-26,37-38,41-42,61,67-69H,11-12,27-36,39-40H2,1H3. The van der Waals surface area contributed by atoms with Crippen LogP contribution in [0.25, 0.3) is 27.6 Å². The first-order chi connectivity index (χ1) is 35.8. The Morgan fingerprint density at radius 2 is 1.25 bits per heavy atom. The number of nitrogens with zero attached hydrogens (tertiary/aromatic N) is 2. The van der Waals surface area contributed by atoms with Crippen molar-refractivity contribution in [1.82, 2.24) is 15.1 Å². The predicted octanol–water partition coefficient (Wildman–Crippen LogP) is 13.7. The van der Waals surface area contributed by atoms with E-state index in [4.69, 9.17) is 11.6 Å². The van der Waals surface area contributed by atoms with Gasteiger partial charge in [0, 0.05) is 108 Å². The number of hydrogen-bond acceptors (Lipinski definition) is 7. The Hall–Kier alpha value is -7.03. The summed E-state index contributed by atoms with van der Waals surface area (Å²) in [6.45, 7) is 8.72. The Kier molecular flexibility index (Phi) is 13.2. The van der Waals surface area contributed by atoms with E-state index in [2.05, 4.69) is 154 Å². The van der Waals surface area contributed by atoms with E-state index in [-0.39, 0.29) is 23.7 Å². The summed E-state index contributed by atoms with van der Waals surface area (Å²) in [7, 11) is 0. The molecule has 2 aliphatic carbocycles. The molecule has 73 heavy (non-hydrogen) atoms. The van der Waals surface area contributed by atoms with Crippen molar-refractivity contribution < 1.29 is 9.59 Å². The molecule has 0 radical (unpaired) electrons. The first-order valence-corrected chi connectivity index (χ1v) is 26.9. The van der Waals surface area contributed by atoms with Gasteiger partial charge in [0.05, 0.1) is 0 Å². The van der Waals surface area contributed by atoms with Gasteiger partial charge in [-0.05, 0) is 138 Å². The molecule has 2 saturated heterocycles. The second-order valence-electron chi connectivity index (χ2n) is 20.6. The first-order valence-electron chi connectivity index (χ1n) is 26.5. The topological polar surface area (TPSA) is 76.7 Å². The minimum Gasteiger partial charge on any atom is -0.385 e. The highest BCUT2D eigenvalue weighted by molar-refractivity contribution is 6.31. The van der Waals surface area contributed by atoms with Crippen LogP contribution in [-0.4, -0.2) is 73.2 Å². The molecule has 0 spiro atoms. The molecular weight excluding hydrogens is 918 g/mol. The van der Waals surface area contributed by atoms with Gasteiger partial charge in [-0.1, -0.05) is 144 Å². The van der Waals surface area contributed by atoms with Crippen LogP contribution in [-0.2, 0) is 6.42 Å². The minimum atomic E-state index is 0.0473. The number of likely N-dealkylation sites (tertiary alicyclic amines) is 2. The fraction of sp³-hybridized carbons (Fsp3) is 0.262. The Bertz CT molecular complexity index is 3340. The summed E-state index contributed by atoms with van der Waals surface area (Å²) in [5, 5.41) is 14.3. The van der Waals surface area contributed by atoms with Crippen molar-refractivity contribution in [2.75, 3.05) is 56.4 Å². The minimum absolute atomic E-state index is 0.0473. The van der Waals surface area contributed by atoms with E-state index in [1.807, 2.05) is 36.4 Å². The van der Waals surface area contributed by atoms with Crippen LogP contribution in [0.1, 0.15) is 117 Å². The van der Waals surface area contributed by atoms with Crippen molar-refractivity contribution in [2.24, 2.45) is 0 Å². The molecule has 7 aromatic carbocycles. The number of rotatable bonds is 11. The second kappa shape index (κ2) is 20.5. The summed E-state index contributed by atoms with van der Waals surface area (Å²) in [6, 6.07) is 53.2. The molecule has 7 nitrogen and oxygen atoms in total. The van der Waals surface area contributed by atoms with Crippen molar-refractivity contribution in [1.29, 1.82) is 0 Å². The van der Waals surface area contributed by atoms with E-state index in [0.29, 0.717) is 6.42 Å². The summed E-state index contributed by atoms with van der Waals surface area (Å²) in [5.41, 5.74) is 18.9. The number of carbonyl (C=O) groups is 2. The fourth-order valence-corrected chi connectivity index (χ4v) is 12.7. The Labute approximate surface area is 434 Å². The van der Waals surface area contributed by atoms with Crippen LogP contribution < -0.4 is 16.0 Å². The number of halogens is 1. The second-order valence-corrected chi connectivity index (χ2v) is 21.0. The molecule has 0 saturated carbocycles. The highest BCUT2D eigenvalue weighted by Gasteiger charge is 2.35. The molecule has 12 rings (SSSR count). The molecule has 5 aliphatic rings. The zero-order valence-corrected chi connectivity index (χ0v) is 42.4. The Balaban J connectivity index is 0.828. The average molecular weight is 981 g/mol. The molecule has 366 valence electrons. The number of hydrogen-bond donors (Lipinski definition) is 3. The van der Waals surface area contributed by atoms with Crippen LogP contribution in [0, 0.1) is 0 Å². The summed E-state index contributed by atoms with van der Waals surface area (Å²) in [4.78, 5) is 33.9. The van der Waals surface area contributed by atoms with Gasteiger partial charge in [-0.25, -0.2) is 0 Å². The normalized spacial score (nSPS) is 18.7. The number of ketones is 2. The number of nitrogens with one attached hydrogen (secondary N) is 3. The van der Waals surface area contributed by atoms with E-state index in [1.165, 1.54) is 55.5 Å². The van der Waals surface area contributed by atoms with Crippen LogP contribution in [0.2, 0.25) is 5.02 Å². The molecule has 2 atom stereocenters. The van der Waals surface area contributed by atoms with E-state index in [9.17, 15) is 9.59 Å². The molecule has 8 heteroatoms. The average Bonchev–Trinajstić information content (AvgIpc) is 3.54. The molecule has 2 fully saturated rings. The van der Waals surface area contributed by atoms with Crippen LogP contribution in [0.3, 0.4) is 0 Å². The monoisotopic (exact) mass is 979 g/mol. The first kappa shape index (κ1) is 47.0. The Morgan fingerprint density at radius 3 is 2.05 bits per heavy atom. The molecule has 7 aromatic rings. The molecule has 0 aromatic heterocycles. The van der Waals surface area contributed by atoms with Crippen molar-refractivity contribution >= 4 is 62.2 Å². The highest BCUT2D eigenvalue weighted by atomic mass is 35.5. The lowest BCUT2D eigenvalue weighted by atomic mass is 9.76. The van der Waals surface area contributed by atoms with E-state index in [0.717, 1.165) is 140 Å². The lowest BCUT2D eigenvalue weighted by Gasteiger charge is -2.39. The van der Waals surface area contributed by atoms with Crippen LogP contribution in [0.4, 0.5) is 11.4 Å². The van der Waals surface area contributed by atoms with Crippen LogP contribution >= 0.6 is 11.6 Å². The van der Waals surface area contributed by atoms with E-state index < -0.39 is 0 Å². The number of Topliss-reactive ketones (excluding diaryl/α,β-unsaturated/α-hetero) is 1. The number of piperidine rings is 2. The van der Waals surface area contributed by atoms with Gasteiger partial charge in [0.1, 0.15) is 0 Å². The molecular formula is C65H62ClN5O2. The van der Waals surface area contributed by atoms with Gasteiger partial charge < -0.3 is 20.9 Å². The van der Waals surface area contributed by atoms with Crippen molar-refractivity contribution in [3.8, 4) is 0 Å². The predicted molar refractivity (Wildman–Crippen MR) is 301 cm³/mol. The third-order valence-electron chi connectivity index (χ3n) is 16.0. The smallest absolute Gasteiger partial charge is 0.194 e. The molecule has 2 unspecified atom stereocenters. The number of anilines is 2. The summed E-state index contributed by atoms with van der Waals surface area (Å²) in [6.07, 6.45) is 8.32. The molecule has 0 bridgehead atoms. The van der Waals surface area contributed by atoms with Gasteiger partial charge in [0.2, 0.25) is 0 Å². The van der Waals surface area contributed by atoms with Gasteiger partial charge in [0.25, 0.3) is 0 Å². The maximum absolute atomic E-state index is 14.8. The lowest BCUT2D eigenvalue weighted by molar-refractivity contribution is 0.0991. The maximum atomic E-state index is 14.8. The summed E-state index contributed by atoms with van der Waals surface area (Å²) >= 11 is 6.33. The van der Waals surface area contributed by atoms with E-state index in [1.54, 1.807) is 0 Å². The van der Waals surface area contributed by atoms with Crippen LogP contribution in [0.15, 0.2) is 169 Å². The van der Waals surface area contributed by atoms with Crippen LogP contribution in [0.5, 0.6) is 0 Å². The summed E-state index contributed by atoms with van der Waals surface area (Å²) < 4.78 is 0. The van der Waals surface area contributed by atoms with Gasteiger partial charge >= 0.3 is 0 Å². The van der Waals surface area contributed by atoms with Crippen molar-refractivity contribution in [2.45, 2.75) is 64.0 Å². The third kappa shape index (κ3) is 9.35.